The predicted molar refractivity (Wildman–Crippen MR) is 88.0 cm³/mol. The van der Waals surface area contributed by atoms with Crippen molar-refractivity contribution in [2.24, 2.45) is 0 Å². The highest BCUT2D eigenvalue weighted by Gasteiger charge is 2.21. The molecule has 0 N–H and O–H groups in total. The molecule has 2 heterocycles. The standard InChI is InChI=1S/C18H20FN3O/c1-3-16-12(2)18(22-10-8-15(23)9-11-22)21-17(20-16)13-4-6-14(19)7-5-13/h4-7H,3,8-11H2,1-2H3. The fourth-order valence-corrected chi connectivity index (χ4v) is 2.90. The first kappa shape index (κ1) is 15.6. The van der Waals surface area contributed by atoms with Crippen LogP contribution in [0.2, 0.25) is 0 Å². The monoisotopic (exact) mass is 313 g/mol. The van der Waals surface area contributed by atoms with Gasteiger partial charge in [0, 0.05) is 42.8 Å². The van der Waals surface area contributed by atoms with Crippen molar-refractivity contribution in [3.05, 3.63) is 41.3 Å². The van der Waals surface area contributed by atoms with E-state index in [2.05, 4.69) is 16.8 Å². The molecule has 5 heteroatoms. The predicted octanol–water partition coefficient (Wildman–Crippen LogP) is 3.32. The fourth-order valence-electron chi connectivity index (χ4n) is 2.90. The average Bonchev–Trinajstić information content (AvgIpc) is 2.57. The highest BCUT2D eigenvalue weighted by Crippen LogP contribution is 2.27. The van der Waals surface area contributed by atoms with Crippen molar-refractivity contribution in [2.45, 2.75) is 33.1 Å². The van der Waals surface area contributed by atoms with Gasteiger partial charge in [0.15, 0.2) is 5.82 Å². The molecule has 0 aliphatic carbocycles. The van der Waals surface area contributed by atoms with Crippen molar-refractivity contribution in [3.8, 4) is 11.4 Å². The molecule has 0 radical (unpaired) electrons. The summed E-state index contributed by atoms with van der Waals surface area (Å²) >= 11 is 0. The highest BCUT2D eigenvalue weighted by molar-refractivity contribution is 5.81. The summed E-state index contributed by atoms with van der Waals surface area (Å²) in [5, 5.41) is 0. The maximum atomic E-state index is 13.1. The maximum Gasteiger partial charge on any atom is 0.161 e. The van der Waals surface area contributed by atoms with E-state index in [1.165, 1.54) is 12.1 Å². The SMILES string of the molecule is CCc1nc(-c2ccc(F)cc2)nc(N2CCC(=O)CC2)c1C. The molecule has 0 spiro atoms. The Hall–Kier alpha value is -2.30. The maximum absolute atomic E-state index is 13.1. The number of aryl methyl sites for hydroxylation is 1. The van der Waals surface area contributed by atoms with Gasteiger partial charge in [-0.15, -0.1) is 0 Å². The summed E-state index contributed by atoms with van der Waals surface area (Å²) in [5.41, 5.74) is 2.86. The Morgan fingerprint density at radius 1 is 1.13 bits per heavy atom. The minimum absolute atomic E-state index is 0.272. The van der Waals surface area contributed by atoms with Gasteiger partial charge in [-0.05, 0) is 37.6 Å². The van der Waals surface area contributed by atoms with Crippen LogP contribution in [0.25, 0.3) is 11.4 Å². The number of hydrogen-bond donors (Lipinski definition) is 0. The quantitative estimate of drug-likeness (QED) is 0.872. The molecule has 120 valence electrons. The van der Waals surface area contributed by atoms with Crippen molar-refractivity contribution in [3.63, 3.8) is 0 Å². The van der Waals surface area contributed by atoms with Crippen LogP contribution in [0.15, 0.2) is 24.3 Å². The van der Waals surface area contributed by atoms with Crippen LogP contribution in [0.4, 0.5) is 10.2 Å². The summed E-state index contributed by atoms with van der Waals surface area (Å²) in [4.78, 5) is 23.0. The number of aromatic nitrogens is 2. The Balaban J connectivity index is 2.03. The van der Waals surface area contributed by atoms with Crippen LogP contribution < -0.4 is 4.90 Å². The largest absolute Gasteiger partial charge is 0.355 e. The van der Waals surface area contributed by atoms with Crippen LogP contribution >= 0.6 is 0 Å². The lowest BCUT2D eigenvalue weighted by molar-refractivity contribution is -0.119. The van der Waals surface area contributed by atoms with Crippen molar-refractivity contribution < 1.29 is 9.18 Å². The lowest BCUT2D eigenvalue weighted by Crippen LogP contribution is -2.35. The third kappa shape index (κ3) is 3.23. The number of carbonyl (C=O) groups excluding carboxylic acids is 1. The fraction of sp³-hybridized carbons (Fsp3) is 0.389. The van der Waals surface area contributed by atoms with Crippen molar-refractivity contribution in [1.82, 2.24) is 9.97 Å². The van der Waals surface area contributed by atoms with Gasteiger partial charge in [0.25, 0.3) is 0 Å². The average molecular weight is 313 g/mol. The molecule has 4 nitrogen and oxygen atoms in total. The number of ketones is 1. The van der Waals surface area contributed by atoms with E-state index in [4.69, 9.17) is 4.98 Å². The summed E-state index contributed by atoms with van der Waals surface area (Å²) in [5.74, 6) is 1.54. The smallest absolute Gasteiger partial charge is 0.161 e. The molecule has 0 saturated carbocycles. The van der Waals surface area contributed by atoms with E-state index in [0.29, 0.717) is 37.5 Å². The van der Waals surface area contributed by atoms with E-state index >= 15 is 0 Å². The molecule has 2 aromatic rings. The summed E-state index contributed by atoms with van der Waals surface area (Å²) in [7, 11) is 0. The van der Waals surface area contributed by atoms with Gasteiger partial charge >= 0.3 is 0 Å². The zero-order valence-corrected chi connectivity index (χ0v) is 13.5. The van der Waals surface area contributed by atoms with Crippen LogP contribution in [0, 0.1) is 12.7 Å². The first-order valence-electron chi connectivity index (χ1n) is 7.98. The topological polar surface area (TPSA) is 46.1 Å². The molecule has 0 bridgehead atoms. The molecule has 23 heavy (non-hydrogen) atoms. The summed E-state index contributed by atoms with van der Waals surface area (Å²) < 4.78 is 13.1. The molecule has 1 fully saturated rings. The normalized spacial score (nSPS) is 15.1. The second kappa shape index (κ2) is 6.44. The molecule has 1 aliphatic heterocycles. The molecule has 1 aromatic heterocycles. The summed E-state index contributed by atoms with van der Waals surface area (Å²) in [6.45, 7) is 5.48. The van der Waals surface area contributed by atoms with Gasteiger partial charge in [-0.1, -0.05) is 6.92 Å². The molecule has 1 saturated heterocycles. The van der Waals surface area contributed by atoms with Crippen molar-refractivity contribution in [2.75, 3.05) is 18.0 Å². The van der Waals surface area contributed by atoms with E-state index in [1.807, 2.05) is 6.92 Å². The molecular formula is C18H20FN3O. The molecule has 3 rings (SSSR count). The minimum Gasteiger partial charge on any atom is -0.355 e. The van der Waals surface area contributed by atoms with E-state index < -0.39 is 0 Å². The van der Waals surface area contributed by atoms with Crippen LogP contribution in [0.3, 0.4) is 0 Å². The number of halogens is 1. The van der Waals surface area contributed by atoms with Gasteiger partial charge in [0.05, 0.1) is 0 Å². The zero-order valence-electron chi connectivity index (χ0n) is 13.5. The lowest BCUT2D eigenvalue weighted by atomic mass is 10.1. The Labute approximate surface area is 135 Å². The van der Waals surface area contributed by atoms with Gasteiger partial charge in [-0.2, -0.15) is 0 Å². The van der Waals surface area contributed by atoms with Crippen molar-refractivity contribution >= 4 is 11.6 Å². The highest BCUT2D eigenvalue weighted by atomic mass is 19.1. The first-order chi connectivity index (χ1) is 11.1. The van der Waals surface area contributed by atoms with E-state index in [0.717, 1.165) is 29.1 Å². The Morgan fingerprint density at radius 2 is 1.78 bits per heavy atom. The van der Waals surface area contributed by atoms with Gasteiger partial charge in [0.1, 0.15) is 17.4 Å². The van der Waals surface area contributed by atoms with E-state index in [9.17, 15) is 9.18 Å². The zero-order chi connectivity index (χ0) is 16.4. The molecular weight excluding hydrogens is 293 g/mol. The van der Waals surface area contributed by atoms with Crippen LogP contribution in [-0.2, 0) is 11.2 Å². The van der Waals surface area contributed by atoms with Gasteiger partial charge in [-0.3, -0.25) is 4.79 Å². The molecule has 1 aliphatic rings. The Kier molecular flexibility index (Phi) is 4.37. The second-order valence-electron chi connectivity index (χ2n) is 5.83. The van der Waals surface area contributed by atoms with Gasteiger partial charge in [0.2, 0.25) is 0 Å². The number of nitrogens with zero attached hydrogens (tertiary/aromatic N) is 3. The Bertz CT molecular complexity index is 718. The van der Waals surface area contributed by atoms with E-state index in [1.54, 1.807) is 12.1 Å². The number of anilines is 1. The third-order valence-electron chi connectivity index (χ3n) is 4.28. The first-order valence-corrected chi connectivity index (χ1v) is 7.98. The molecule has 0 unspecified atom stereocenters. The molecule has 1 aromatic carbocycles. The lowest BCUT2D eigenvalue weighted by Gasteiger charge is -2.29. The van der Waals surface area contributed by atoms with Gasteiger partial charge in [-0.25, -0.2) is 14.4 Å². The van der Waals surface area contributed by atoms with Crippen LogP contribution in [0.1, 0.15) is 31.0 Å². The summed E-state index contributed by atoms with van der Waals surface area (Å²) in [6, 6.07) is 6.23. The molecule has 0 atom stereocenters. The second-order valence-corrected chi connectivity index (χ2v) is 5.83. The van der Waals surface area contributed by atoms with E-state index in [-0.39, 0.29) is 5.82 Å². The Morgan fingerprint density at radius 3 is 2.39 bits per heavy atom. The number of piperidine rings is 1. The van der Waals surface area contributed by atoms with Crippen LogP contribution in [0.5, 0.6) is 0 Å². The minimum atomic E-state index is -0.272. The number of benzene rings is 1. The number of carbonyl (C=O) groups is 1. The van der Waals surface area contributed by atoms with Crippen molar-refractivity contribution in [1.29, 1.82) is 0 Å². The van der Waals surface area contributed by atoms with Crippen LogP contribution in [-0.4, -0.2) is 28.8 Å². The number of rotatable bonds is 3. The number of Topliss-reactive ketones (excluding diaryl/α,β-unsaturated/α-hetero) is 1. The molecule has 0 amide bonds. The summed E-state index contributed by atoms with van der Waals surface area (Å²) in [6.07, 6.45) is 1.94. The third-order valence-corrected chi connectivity index (χ3v) is 4.28. The number of hydrogen-bond acceptors (Lipinski definition) is 4. The van der Waals surface area contributed by atoms with Gasteiger partial charge < -0.3 is 4.90 Å².